The first kappa shape index (κ1) is 14.9. The van der Waals surface area contributed by atoms with Gasteiger partial charge < -0.3 is 5.73 Å². The second-order valence-corrected chi connectivity index (χ2v) is 6.96. The van der Waals surface area contributed by atoms with Crippen LogP contribution in [0.2, 0.25) is 0 Å². The lowest BCUT2D eigenvalue weighted by atomic mass is 10.0. The van der Waals surface area contributed by atoms with E-state index in [-0.39, 0.29) is 22.5 Å². The van der Waals surface area contributed by atoms with Gasteiger partial charge in [0.15, 0.2) is 0 Å². The molecule has 1 fully saturated rings. The average Bonchev–Trinajstić information content (AvgIpc) is 2.89. The number of nitro benzene ring substituents is 1. The van der Waals surface area contributed by atoms with E-state index in [0.717, 1.165) is 6.42 Å². The number of nitrogens with two attached hydrogens (primary N) is 1. The van der Waals surface area contributed by atoms with Crippen LogP contribution in [0.4, 0.5) is 5.69 Å². The normalized spacial score (nSPS) is 21.8. The maximum Gasteiger partial charge on any atom is 0.269 e. The molecule has 0 saturated carbocycles. The quantitative estimate of drug-likeness (QED) is 0.658. The first-order chi connectivity index (χ1) is 9.32. The van der Waals surface area contributed by atoms with Crippen LogP contribution in [-0.2, 0) is 10.0 Å². The number of non-ortho nitro benzene ring substituents is 1. The summed E-state index contributed by atoms with van der Waals surface area (Å²) in [6, 6.07) is 4.89. The van der Waals surface area contributed by atoms with Gasteiger partial charge in [-0.1, -0.05) is 0 Å². The van der Waals surface area contributed by atoms with Gasteiger partial charge in [0, 0.05) is 31.3 Å². The fraction of sp³-hybridized carbons (Fsp3) is 0.500. The summed E-state index contributed by atoms with van der Waals surface area (Å²) in [4.78, 5) is 10.1. The molecule has 0 amide bonds. The van der Waals surface area contributed by atoms with Crippen LogP contribution in [0.5, 0.6) is 0 Å². The first-order valence-corrected chi connectivity index (χ1v) is 7.76. The van der Waals surface area contributed by atoms with Crippen molar-refractivity contribution in [1.29, 1.82) is 0 Å². The van der Waals surface area contributed by atoms with Gasteiger partial charge in [-0.05, 0) is 31.4 Å². The number of nitrogens with zero attached hydrogens (tertiary/aromatic N) is 2. The third-order valence-electron chi connectivity index (χ3n) is 3.62. The molecule has 1 saturated heterocycles. The van der Waals surface area contributed by atoms with Crippen LogP contribution in [0, 0.1) is 16.0 Å². The third-order valence-corrected chi connectivity index (χ3v) is 5.50. The smallest absolute Gasteiger partial charge is 0.269 e. The van der Waals surface area contributed by atoms with Gasteiger partial charge in [-0.15, -0.1) is 0 Å². The largest absolute Gasteiger partial charge is 0.328 e. The Balaban J connectivity index is 2.21. The summed E-state index contributed by atoms with van der Waals surface area (Å²) in [7, 11) is -3.59. The maximum absolute atomic E-state index is 12.4. The van der Waals surface area contributed by atoms with Gasteiger partial charge in [-0.2, -0.15) is 4.31 Å². The maximum atomic E-state index is 12.4. The molecule has 0 bridgehead atoms. The van der Waals surface area contributed by atoms with Crippen molar-refractivity contribution < 1.29 is 13.3 Å². The Kier molecular flexibility index (Phi) is 4.07. The molecule has 110 valence electrons. The highest BCUT2D eigenvalue weighted by molar-refractivity contribution is 7.89. The first-order valence-electron chi connectivity index (χ1n) is 6.32. The monoisotopic (exact) mass is 299 g/mol. The second-order valence-electron chi connectivity index (χ2n) is 5.02. The standard InChI is InChI=1S/C12H17N3O4S/c1-9(13)10-6-7-14(8-10)20(18,19)12-4-2-11(3-5-12)15(16)17/h2-5,9-10H,6-8,13H2,1H3. The van der Waals surface area contributed by atoms with Gasteiger partial charge in [0.2, 0.25) is 10.0 Å². The Morgan fingerprint density at radius 3 is 2.45 bits per heavy atom. The molecule has 2 unspecified atom stereocenters. The van der Waals surface area contributed by atoms with E-state index in [1.807, 2.05) is 6.92 Å². The van der Waals surface area contributed by atoms with Gasteiger partial charge in [0.05, 0.1) is 9.82 Å². The zero-order valence-electron chi connectivity index (χ0n) is 11.1. The molecule has 1 aromatic carbocycles. The highest BCUT2D eigenvalue weighted by Crippen LogP contribution is 2.26. The van der Waals surface area contributed by atoms with Gasteiger partial charge in [0.1, 0.15) is 0 Å². The third kappa shape index (κ3) is 2.82. The van der Waals surface area contributed by atoms with Crippen molar-refractivity contribution in [3.63, 3.8) is 0 Å². The molecule has 1 aliphatic heterocycles. The molecular weight excluding hydrogens is 282 g/mol. The zero-order chi connectivity index (χ0) is 14.9. The molecular formula is C12H17N3O4S. The van der Waals surface area contributed by atoms with E-state index in [4.69, 9.17) is 5.73 Å². The molecule has 8 heteroatoms. The summed E-state index contributed by atoms with van der Waals surface area (Å²) < 4.78 is 26.2. The van der Waals surface area contributed by atoms with Crippen molar-refractivity contribution in [3.8, 4) is 0 Å². The van der Waals surface area contributed by atoms with E-state index in [9.17, 15) is 18.5 Å². The Morgan fingerprint density at radius 2 is 2.00 bits per heavy atom. The van der Waals surface area contributed by atoms with Crippen LogP contribution in [0.25, 0.3) is 0 Å². The van der Waals surface area contributed by atoms with E-state index < -0.39 is 14.9 Å². The van der Waals surface area contributed by atoms with Gasteiger partial charge >= 0.3 is 0 Å². The number of hydrogen-bond acceptors (Lipinski definition) is 5. The van der Waals surface area contributed by atoms with Crippen LogP contribution in [0.15, 0.2) is 29.2 Å². The number of hydrogen-bond donors (Lipinski definition) is 1. The molecule has 2 N–H and O–H groups in total. The summed E-state index contributed by atoms with van der Waals surface area (Å²) in [6.45, 7) is 2.70. The lowest BCUT2D eigenvalue weighted by Crippen LogP contribution is -2.33. The van der Waals surface area contributed by atoms with Gasteiger partial charge in [0.25, 0.3) is 5.69 Å². The van der Waals surface area contributed by atoms with Crippen LogP contribution in [0.1, 0.15) is 13.3 Å². The molecule has 20 heavy (non-hydrogen) atoms. The summed E-state index contributed by atoms with van der Waals surface area (Å²) in [6.07, 6.45) is 0.740. The molecule has 0 radical (unpaired) electrons. The van der Waals surface area contributed by atoms with Crippen molar-refractivity contribution in [2.24, 2.45) is 11.7 Å². The Bertz CT molecular complexity index is 598. The summed E-state index contributed by atoms with van der Waals surface area (Å²) in [5.41, 5.74) is 5.67. The fourth-order valence-electron chi connectivity index (χ4n) is 2.29. The Hall–Kier alpha value is -1.51. The molecule has 0 aromatic heterocycles. The minimum absolute atomic E-state index is 0.0490. The predicted octanol–water partition coefficient (Wildman–Crippen LogP) is 0.953. The van der Waals surface area contributed by atoms with E-state index in [1.54, 1.807) is 0 Å². The molecule has 2 atom stereocenters. The van der Waals surface area contributed by atoms with Crippen LogP contribution >= 0.6 is 0 Å². The Morgan fingerprint density at radius 1 is 1.40 bits per heavy atom. The van der Waals surface area contributed by atoms with E-state index in [0.29, 0.717) is 13.1 Å². The van der Waals surface area contributed by atoms with Crippen LogP contribution in [-0.4, -0.2) is 36.8 Å². The fourth-order valence-corrected chi connectivity index (χ4v) is 3.80. The van der Waals surface area contributed by atoms with E-state index in [2.05, 4.69) is 0 Å². The summed E-state index contributed by atoms with van der Waals surface area (Å²) in [5, 5.41) is 10.6. The van der Waals surface area contributed by atoms with Crippen LogP contribution < -0.4 is 5.73 Å². The number of benzene rings is 1. The average molecular weight is 299 g/mol. The van der Waals surface area contributed by atoms with Crippen molar-refractivity contribution >= 4 is 15.7 Å². The van der Waals surface area contributed by atoms with Crippen LogP contribution in [0.3, 0.4) is 0 Å². The number of rotatable bonds is 4. The summed E-state index contributed by atoms with van der Waals surface area (Å²) in [5.74, 6) is 0.155. The Labute approximate surface area is 117 Å². The molecule has 2 rings (SSSR count). The van der Waals surface area contributed by atoms with Gasteiger partial charge in [-0.3, -0.25) is 10.1 Å². The molecule has 1 heterocycles. The molecule has 0 aliphatic carbocycles. The highest BCUT2D eigenvalue weighted by atomic mass is 32.2. The van der Waals surface area contributed by atoms with Crippen molar-refractivity contribution in [1.82, 2.24) is 4.31 Å². The minimum Gasteiger partial charge on any atom is -0.328 e. The molecule has 0 spiro atoms. The summed E-state index contributed by atoms with van der Waals surface area (Å²) >= 11 is 0. The number of nitro groups is 1. The van der Waals surface area contributed by atoms with Crippen molar-refractivity contribution in [2.45, 2.75) is 24.3 Å². The molecule has 1 aliphatic rings. The molecule has 1 aromatic rings. The van der Waals surface area contributed by atoms with Gasteiger partial charge in [-0.25, -0.2) is 8.42 Å². The zero-order valence-corrected chi connectivity index (χ0v) is 11.9. The van der Waals surface area contributed by atoms with Crippen molar-refractivity contribution in [3.05, 3.63) is 34.4 Å². The van der Waals surface area contributed by atoms with E-state index >= 15 is 0 Å². The van der Waals surface area contributed by atoms with E-state index in [1.165, 1.54) is 28.6 Å². The number of sulfonamides is 1. The van der Waals surface area contributed by atoms with Crippen molar-refractivity contribution in [2.75, 3.05) is 13.1 Å². The lowest BCUT2D eigenvalue weighted by molar-refractivity contribution is -0.384. The lowest BCUT2D eigenvalue weighted by Gasteiger charge is -2.18. The SMILES string of the molecule is CC(N)C1CCN(S(=O)(=O)c2ccc([N+](=O)[O-])cc2)C1. The predicted molar refractivity (Wildman–Crippen MR) is 73.6 cm³/mol. The molecule has 7 nitrogen and oxygen atoms in total. The topological polar surface area (TPSA) is 107 Å². The highest BCUT2D eigenvalue weighted by Gasteiger charge is 2.34. The second kappa shape index (κ2) is 5.47. The minimum atomic E-state index is -3.59.